The van der Waals surface area contributed by atoms with Crippen molar-refractivity contribution in [3.63, 3.8) is 0 Å². The molecule has 2 aromatic carbocycles. The van der Waals surface area contributed by atoms with E-state index in [1.54, 1.807) is 42.5 Å². The molecule has 156 valence electrons. The number of ether oxygens (including phenoxy) is 1. The maximum atomic E-state index is 13.0. The van der Waals surface area contributed by atoms with Gasteiger partial charge in [-0.3, -0.25) is 4.79 Å². The van der Waals surface area contributed by atoms with E-state index in [9.17, 15) is 14.7 Å². The van der Waals surface area contributed by atoms with E-state index in [-0.39, 0.29) is 23.4 Å². The third kappa shape index (κ3) is 6.34. The molecule has 0 bridgehead atoms. The van der Waals surface area contributed by atoms with Gasteiger partial charge in [0.1, 0.15) is 5.75 Å². The van der Waals surface area contributed by atoms with Gasteiger partial charge < -0.3 is 14.7 Å². The number of rotatable bonds is 11. The first-order valence-corrected chi connectivity index (χ1v) is 10.3. The number of ketones is 1. The summed E-state index contributed by atoms with van der Waals surface area (Å²) in [5, 5.41) is 9.85. The average molecular weight is 398 g/mol. The summed E-state index contributed by atoms with van der Waals surface area (Å²) in [6.45, 7) is 7.86. The molecule has 0 fully saturated rings. The minimum Gasteiger partial charge on any atom is -0.508 e. The SMILES string of the molecule is CCN(CC)c1cc(O)ccc1C(=O)C(C)CCCCOC(=O)c1ccccc1. The van der Waals surface area contributed by atoms with Crippen molar-refractivity contribution in [2.45, 2.75) is 40.0 Å². The molecule has 5 nitrogen and oxygen atoms in total. The van der Waals surface area contributed by atoms with Crippen molar-refractivity contribution in [3.05, 3.63) is 59.7 Å². The normalized spacial score (nSPS) is 11.7. The highest BCUT2D eigenvalue weighted by molar-refractivity contribution is 6.03. The Morgan fingerprint density at radius 1 is 1.03 bits per heavy atom. The minimum absolute atomic E-state index is 0.0770. The summed E-state index contributed by atoms with van der Waals surface area (Å²) in [6.07, 6.45) is 2.24. The molecule has 2 aromatic rings. The topological polar surface area (TPSA) is 66.8 Å². The van der Waals surface area contributed by atoms with Crippen LogP contribution in [0.5, 0.6) is 5.75 Å². The molecule has 0 aromatic heterocycles. The van der Waals surface area contributed by atoms with Crippen molar-refractivity contribution in [1.82, 2.24) is 0 Å². The van der Waals surface area contributed by atoms with E-state index in [0.717, 1.165) is 31.6 Å². The summed E-state index contributed by atoms with van der Waals surface area (Å²) in [6, 6.07) is 13.9. The van der Waals surface area contributed by atoms with Gasteiger partial charge in [0.2, 0.25) is 0 Å². The first-order valence-electron chi connectivity index (χ1n) is 10.3. The van der Waals surface area contributed by atoms with Crippen LogP contribution in [-0.4, -0.2) is 36.6 Å². The standard InChI is InChI=1S/C24H31NO4/c1-4-25(5-2)22-17-20(26)14-15-21(22)23(27)18(3)11-9-10-16-29-24(28)19-12-7-6-8-13-19/h6-8,12-15,17-18,26H,4-5,9-11,16H2,1-3H3. The number of phenolic OH excluding ortho intramolecular Hbond substituents is 1. The van der Waals surface area contributed by atoms with E-state index in [1.165, 1.54) is 0 Å². The van der Waals surface area contributed by atoms with E-state index in [4.69, 9.17) is 4.74 Å². The zero-order valence-electron chi connectivity index (χ0n) is 17.6. The predicted octanol–water partition coefficient (Wildman–Crippen LogP) is 5.08. The van der Waals surface area contributed by atoms with Crippen LogP contribution in [0.1, 0.15) is 60.7 Å². The smallest absolute Gasteiger partial charge is 0.338 e. The van der Waals surface area contributed by atoms with Crippen LogP contribution < -0.4 is 4.90 Å². The second-order valence-corrected chi connectivity index (χ2v) is 7.14. The number of hydrogen-bond donors (Lipinski definition) is 1. The molecule has 2 rings (SSSR count). The Balaban J connectivity index is 1.86. The number of esters is 1. The number of nitrogens with zero attached hydrogens (tertiary/aromatic N) is 1. The molecule has 0 aliphatic heterocycles. The van der Waals surface area contributed by atoms with Crippen molar-refractivity contribution < 1.29 is 19.4 Å². The summed E-state index contributed by atoms with van der Waals surface area (Å²) in [5.41, 5.74) is 1.98. The van der Waals surface area contributed by atoms with Gasteiger partial charge in [-0.1, -0.05) is 25.1 Å². The number of Topliss-reactive ketones (excluding diaryl/α,β-unsaturated/α-hetero) is 1. The maximum Gasteiger partial charge on any atom is 0.338 e. The number of hydrogen-bond acceptors (Lipinski definition) is 5. The number of carbonyl (C=O) groups is 2. The Labute approximate surface area is 173 Å². The first kappa shape index (κ1) is 22.5. The van der Waals surface area contributed by atoms with Crippen molar-refractivity contribution in [3.8, 4) is 5.75 Å². The second-order valence-electron chi connectivity index (χ2n) is 7.14. The average Bonchev–Trinajstić information content (AvgIpc) is 2.74. The number of aromatic hydroxyl groups is 1. The van der Waals surface area contributed by atoms with E-state index in [2.05, 4.69) is 4.90 Å². The molecule has 0 heterocycles. The van der Waals surface area contributed by atoms with Crippen molar-refractivity contribution >= 4 is 17.4 Å². The van der Waals surface area contributed by atoms with Crippen LogP contribution in [-0.2, 0) is 4.74 Å². The molecule has 0 saturated carbocycles. The van der Waals surface area contributed by atoms with E-state index < -0.39 is 0 Å². The van der Waals surface area contributed by atoms with Gasteiger partial charge in [-0.2, -0.15) is 0 Å². The number of anilines is 1. The first-order chi connectivity index (χ1) is 14.0. The molecule has 1 unspecified atom stereocenters. The minimum atomic E-state index is -0.317. The third-order valence-corrected chi connectivity index (χ3v) is 5.07. The van der Waals surface area contributed by atoms with Gasteiger partial charge in [0.15, 0.2) is 5.78 Å². The van der Waals surface area contributed by atoms with Crippen LogP contribution in [0.3, 0.4) is 0 Å². The van der Waals surface area contributed by atoms with E-state index in [1.807, 2.05) is 26.8 Å². The highest BCUT2D eigenvalue weighted by Crippen LogP contribution is 2.28. The lowest BCUT2D eigenvalue weighted by atomic mass is 9.93. The molecule has 0 saturated heterocycles. The number of phenols is 1. The summed E-state index contributed by atoms with van der Waals surface area (Å²) in [7, 11) is 0. The Hall–Kier alpha value is -2.82. The Bertz CT molecular complexity index is 800. The van der Waals surface area contributed by atoms with Crippen LogP contribution in [0, 0.1) is 5.92 Å². The highest BCUT2D eigenvalue weighted by atomic mass is 16.5. The fourth-order valence-corrected chi connectivity index (χ4v) is 3.33. The van der Waals surface area contributed by atoms with E-state index in [0.29, 0.717) is 24.2 Å². The fraction of sp³-hybridized carbons (Fsp3) is 0.417. The second kappa shape index (κ2) is 11.2. The van der Waals surface area contributed by atoms with Crippen LogP contribution in [0.2, 0.25) is 0 Å². The predicted molar refractivity (Wildman–Crippen MR) is 116 cm³/mol. The molecular weight excluding hydrogens is 366 g/mol. The molecule has 0 aliphatic carbocycles. The fourth-order valence-electron chi connectivity index (χ4n) is 3.33. The third-order valence-electron chi connectivity index (χ3n) is 5.07. The molecular formula is C24H31NO4. The zero-order chi connectivity index (χ0) is 21.2. The molecule has 0 spiro atoms. The van der Waals surface area contributed by atoms with Gasteiger partial charge in [0, 0.05) is 30.6 Å². The summed E-state index contributed by atoms with van der Waals surface area (Å²) in [5.74, 6) is -0.217. The van der Waals surface area contributed by atoms with Gasteiger partial charge in [-0.15, -0.1) is 0 Å². The van der Waals surface area contributed by atoms with Crippen molar-refractivity contribution in [1.29, 1.82) is 0 Å². The molecule has 1 atom stereocenters. The van der Waals surface area contributed by atoms with Gasteiger partial charge in [-0.25, -0.2) is 4.79 Å². The monoisotopic (exact) mass is 397 g/mol. The zero-order valence-corrected chi connectivity index (χ0v) is 17.6. The maximum absolute atomic E-state index is 13.0. The molecule has 0 amide bonds. The van der Waals surface area contributed by atoms with Crippen LogP contribution in [0.4, 0.5) is 5.69 Å². The molecule has 1 N–H and O–H groups in total. The van der Waals surface area contributed by atoms with Crippen molar-refractivity contribution in [2.24, 2.45) is 5.92 Å². The van der Waals surface area contributed by atoms with Gasteiger partial charge in [-0.05, 0) is 57.4 Å². The lowest BCUT2D eigenvalue weighted by Crippen LogP contribution is -2.25. The molecule has 0 aliphatic rings. The highest BCUT2D eigenvalue weighted by Gasteiger charge is 2.21. The summed E-state index contributed by atoms with van der Waals surface area (Å²) >= 11 is 0. The Morgan fingerprint density at radius 3 is 2.38 bits per heavy atom. The van der Waals surface area contributed by atoms with Crippen LogP contribution in [0.15, 0.2) is 48.5 Å². The van der Waals surface area contributed by atoms with Crippen LogP contribution in [0.25, 0.3) is 0 Å². The van der Waals surface area contributed by atoms with Crippen molar-refractivity contribution in [2.75, 3.05) is 24.6 Å². The van der Waals surface area contributed by atoms with Gasteiger partial charge in [0.05, 0.1) is 17.9 Å². The molecule has 0 radical (unpaired) electrons. The molecule has 29 heavy (non-hydrogen) atoms. The molecule has 5 heteroatoms. The van der Waals surface area contributed by atoms with Gasteiger partial charge >= 0.3 is 5.97 Å². The largest absolute Gasteiger partial charge is 0.508 e. The number of unbranched alkanes of at least 4 members (excludes halogenated alkanes) is 1. The Morgan fingerprint density at radius 2 is 1.72 bits per heavy atom. The lowest BCUT2D eigenvalue weighted by molar-refractivity contribution is 0.0495. The lowest BCUT2D eigenvalue weighted by Gasteiger charge is -2.25. The van der Waals surface area contributed by atoms with Gasteiger partial charge in [0.25, 0.3) is 0 Å². The quantitative estimate of drug-likeness (QED) is 0.325. The van der Waals surface area contributed by atoms with Crippen LogP contribution >= 0.6 is 0 Å². The summed E-state index contributed by atoms with van der Waals surface area (Å²) in [4.78, 5) is 27.0. The summed E-state index contributed by atoms with van der Waals surface area (Å²) < 4.78 is 5.29. The number of carbonyl (C=O) groups excluding carboxylic acids is 2. The number of benzene rings is 2. The Kier molecular flexibility index (Phi) is 8.71. The van der Waals surface area contributed by atoms with E-state index >= 15 is 0 Å².